The minimum atomic E-state index is -0.657. The molecule has 0 saturated carbocycles. The van der Waals surface area contributed by atoms with Gasteiger partial charge in [0.2, 0.25) is 0 Å². The largest absolute Gasteiger partial charge is 0.308 e. The smallest absolute Gasteiger partial charge is 0.174 e. The van der Waals surface area contributed by atoms with E-state index in [9.17, 15) is 4.79 Å². The maximum absolute atomic E-state index is 10.8. The first-order valence-electron chi connectivity index (χ1n) is 3.95. The van der Waals surface area contributed by atoms with Crippen LogP contribution in [0.3, 0.4) is 0 Å². The van der Waals surface area contributed by atoms with E-state index >= 15 is 0 Å². The quantitative estimate of drug-likeness (QED) is 0.282. The fraction of sp³-hybridized carbons (Fsp3) is 0. The van der Waals surface area contributed by atoms with E-state index in [4.69, 9.17) is 13.4 Å². The number of hydrogen-bond acceptors (Lipinski definition) is 1. The highest BCUT2D eigenvalue weighted by Crippen LogP contribution is 2.03. The Bertz CT molecular complexity index is 362. The van der Waals surface area contributed by atoms with Gasteiger partial charge in [-0.1, -0.05) is 30.3 Å². The van der Waals surface area contributed by atoms with Gasteiger partial charge in [0.1, 0.15) is 5.68 Å². The van der Waals surface area contributed by atoms with E-state index in [0.717, 1.165) is 5.56 Å². The minimum Gasteiger partial charge on any atom is -0.308 e. The second-order valence-electron chi connectivity index (χ2n) is 2.57. The number of allylic oxidation sites excluding steroid dienone is 1. The van der Waals surface area contributed by atoms with Crippen molar-refractivity contribution in [2.75, 3.05) is 0 Å². The first-order chi connectivity index (χ1) is 6.74. The van der Waals surface area contributed by atoms with Crippen molar-refractivity contribution in [3.8, 4) is 0 Å². The first kappa shape index (κ1) is 10.2. The van der Waals surface area contributed by atoms with Gasteiger partial charge in [0.15, 0.2) is 7.85 Å². The van der Waals surface area contributed by atoms with E-state index in [-0.39, 0.29) is 5.70 Å². The van der Waals surface area contributed by atoms with Crippen molar-refractivity contribution >= 4 is 19.6 Å². The second kappa shape index (κ2) is 4.96. The van der Waals surface area contributed by atoms with Crippen molar-refractivity contribution in [1.82, 2.24) is 5.43 Å². The average Bonchev–Trinajstić information content (AvgIpc) is 2.18. The molecule has 0 saturated heterocycles. The molecule has 0 aromatic heterocycles. The van der Waals surface area contributed by atoms with Crippen molar-refractivity contribution < 1.29 is 10.0 Å². The van der Waals surface area contributed by atoms with Crippen molar-refractivity contribution in [3.05, 3.63) is 47.1 Å². The van der Waals surface area contributed by atoms with Gasteiger partial charge < -0.3 is 4.79 Å². The molecule has 4 nitrogen and oxygen atoms in total. The molecule has 1 rings (SSSR count). The zero-order chi connectivity index (χ0) is 10.4. The van der Waals surface area contributed by atoms with Crippen LogP contribution in [0.4, 0.5) is 0 Å². The Morgan fingerprint density at radius 2 is 2.07 bits per heavy atom. The van der Waals surface area contributed by atoms with Crippen LogP contribution in [0.25, 0.3) is 11.6 Å². The molecule has 2 radical (unpaired) electrons. The molecule has 2 N–H and O–H groups in total. The van der Waals surface area contributed by atoms with Crippen LogP contribution in [-0.4, -0.2) is 13.5 Å². The summed E-state index contributed by atoms with van der Waals surface area (Å²) >= 11 is 0. The number of carbonyl (C=O) groups excluding carboxylic acids is 1. The van der Waals surface area contributed by atoms with E-state index in [1.807, 2.05) is 30.3 Å². The van der Waals surface area contributed by atoms with Crippen molar-refractivity contribution in [1.29, 1.82) is 0 Å². The highest BCUT2D eigenvalue weighted by atomic mass is 16.1. The summed E-state index contributed by atoms with van der Waals surface area (Å²) in [5.41, 5.74) is 10.8. The summed E-state index contributed by atoms with van der Waals surface area (Å²) in [6.45, 7) is 0. The molecule has 0 amide bonds. The van der Waals surface area contributed by atoms with Gasteiger partial charge >= 0.3 is 0 Å². The lowest BCUT2D eigenvalue weighted by molar-refractivity contribution is -0.538. The van der Waals surface area contributed by atoms with Crippen LogP contribution < -0.4 is 10.6 Å². The summed E-state index contributed by atoms with van der Waals surface area (Å²) in [6, 6.07) is 9.14. The summed E-state index contributed by atoms with van der Waals surface area (Å²) in [7, 11) is 5.05. The van der Waals surface area contributed by atoms with Gasteiger partial charge in [-0.25, -0.2) is 0 Å². The summed E-state index contributed by atoms with van der Waals surface area (Å²) < 4.78 is 0. The number of hydrogen-bond donors (Lipinski definition) is 2. The zero-order valence-corrected chi connectivity index (χ0v) is 7.40. The average molecular weight is 185 g/mol. The SMILES string of the molecule is [B]C(=O)/C(=C/c1ccccc1)N[NH+]=[N-]. The Hall–Kier alpha value is -1.91. The summed E-state index contributed by atoms with van der Waals surface area (Å²) in [6.07, 6.45) is 1.52. The molecule has 0 spiro atoms. The van der Waals surface area contributed by atoms with Gasteiger partial charge in [0.25, 0.3) is 0 Å². The Morgan fingerprint density at radius 1 is 1.43 bits per heavy atom. The number of rotatable bonds is 4. The normalized spacial score (nSPS) is 10.7. The molecular formula is C9H8BN3O. The number of nitrogens with one attached hydrogen (secondary N) is 2. The number of nitrogens with zero attached hydrogens (tertiary/aromatic N) is 1. The maximum atomic E-state index is 10.8. The highest BCUT2D eigenvalue weighted by Gasteiger charge is 1.98. The topological polar surface area (TPSA) is 65.4 Å². The van der Waals surface area contributed by atoms with Crippen LogP contribution in [0.5, 0.6) is 0 Å². The summed E-state index contributed by atoms with van der Waals surface area (Å²) in [5.74, 6) is 0. The van der Waals surface area contributed by atoms with Crippen LogP contribution in [0.1, 0.15) is 5.56 Å². The number of benzene rings is 1. The van der Waals surface area contributed by atoms with Crippen molar-refractivity contribution in [2.24, 2.45) is 0 Å². The number of carbonyl (C=O) groups is 1. The molecule has 1 aromatic rings. The van der Waals surface area contributed by atoms with Crippen LogP contribution in [0.2, 0.25) is 0 Å². The molecule has 0 heterocycles. The van der Waals surface area contributed by atoms with Crippen molar-refractivity contribution in [2.45, 2.75) is 0 Å². The van der Waals surface area contributed by atoms with Crippen LogP contribution in [-0.2, 0) is 4.79 Å². The van der Waals surface area contributed by atoms with E-state index in [0.29, 0.717) is 0 Å². The van der Waals surface area contributed by atoms with Crippen molar-refractivity contribution in [3.63, 3.8) is 0 Å². The molecule has 5 heteroatoms. The van der Waals surface area contributed by atoms with E-state index < -0.39 is 5.68 Å². The fourth-order valence-corrected chi connectivity index (χ4v) is 0.945. The standard InChI is InChI=1S/C9H8BN3O/c10-9(14)8(12-13-11)6-7-4-2-1-3-5-7/h1-6,13H,(H-,11,12)/b8-6-. The van der Waals surface area contributed by atoms with Gasteiger partial charge in [-0.05, 0) is 11.6 Å². The summed E-state index contributed by atoms with van der Waals surface area (Å²) in [5, 5.41) is 1.65. The third kappa shape index (κ3) is 2.86. The van der Waals surface area contributed by atoms with Crippen LogP contribution in [0, 0.1) is 0 Å². The second-order valence-corrected chi connectivity index (χ2v) is 2.57. The van der Waals surface area contributed by atoms with Gasteiger partial charge in [0.05, 0.1) is 0 Å². The lowest BCUT2D eigenvalue weighted by Crippen LogP contribution is -2.75. The molecule has 1 aromatic carbocycles. The molecule has 0 atom stereocenters. The third-order valence-electron chi connectivity index (χ3n) is 1.57. The van der Waals surface area contributed by atoms with Gasteiger partial charge in [0, 0.05) is 5.70 Å². The monoisotopic (exact) mass is 185 g/mol. The molecule has 0 aliphatic heterocycles. The Balaban J connectivity index is 2.93. The fourth-order valence-electron chi connectivity index (χ4n) is 0.945. The van der Waals surface area contributed by atoms with Gasteiger partial charge in [-0.2, -0.15) is 10.8 Å². The Kier molecular flexibility index (Phi) is 3.61. The molecule has 14 heavy (non-hydrogen) atoms. The maximum Gasteiger partial charge on any atom is 0.174 e. The molecular weight excluding hydrogens is 177 g/mol. The van der Waals surface area contributed by atoms with E-state index in [1.165, 1.54) is 6.08 Å². The lowest BCUT2D eigenvalue weighted by atomic mass is 9.98. The first-order valence-corrected chi connectivity index (χ1v) is 3.95. The Morgan fingerprint density at radius 3 is 2.57 bits per heavy atom. The molecule has 68 valence electrons. The third-order valence-corrected chi connectivity index (χ3v) is 1.57. The highest BCUT2D eigenvalue weighted by molar-refractivity contribution is 6.62. The zero-order valence-electron chi connectivity index (χ0n) is 7.40. The lowest BCUT2D eigenvalue weighted by Gasteiger charge is -2.03. The predicted octanol–water partition coefficient (Wildman–Crippen LogP) is -0.671. The van der Waals surface area contributed by atoms with Gasteiger partial charge in [-0.15, -0.1) is 0 Å². The molecule has 0 aliphatic carbocycles. The number of hydrazine groups is 1. The van der Waals surface area contributed by atoms with Crippen LogP contribution >= 0.6 is 0 Å². The predicted molar refractivity (Wildman–Crippen MR) is 52.6 cm³/mol. The molecule has 0 fully saturated rings. The summed E-state index contributed by atoms with van der Waals surface area (Å²) in [4.78, 5) is 10.8. The molecule has 0 aliphatic rings. The molecule has 0 bridgehead atoms. The van der Waals surface area contributed by atoms with E-state index in [1.54, 1.807) is 5.22 Å². The van der Waals surface area contributed by atoms with Crippen LogP contribution in [0.15, 0.2) is 36.0 Å². The Labute approximate surface area is 82.9 Å². The van der Waals surface area contributed by atoms with E-state index in [2.05, 4.69) is 5.43 Å². The van der Waals surface area contributed by atoms with Gasteiger partial charge in [-0.3, -0.25) is 5.43 Å². The minimum absolute atomic E-state index is 0.0821. The molecule has 0 unspecified atom stereocenters.